The highest BCUT2D eigenvalue weighted by atomic mass is 32.2. The number of fused-ring (bicyclic) bond motifs is 1. The van der Waals surface area contributed by atoms with E-state index in [1.807, 2.05) is 56.9 Å². The SMILES string of the molecule is CC.CC.CCn1c(Cc2ccc(C(=O)N3CCC(OSOC)C3)cc2)nc2c(C)cccc21. The first kappa shape index (κ1) is 27.9. The smallest absolute Gasteiger partial charge is 0.253 e. The Bertz CT molecular complexity index is 1030. The minimum Gasteiger partial charge on any atom is -0.336 e. The lowest BCUT2D eigenvalue weighted by atomic mass is 10.1. The Hall–Kier alpha value is -2.35. The number of rotatable bonds is 7. The van der Waals surface area contributed by atoms with Gasteiger partial charge in [0.25, 0.3) is 5.91 Å². The molecule has 3 aromatic rings. The molecule has 4 rings (SSSR count). The van der Waals surface area contributed by atoms with Gasteiger partial charge in [0.05, 0.1) is 24.2 Å². The van der Waals surface area contributed by atoms with Gasteiger partial charge < -0.3 is 9.47 Å². The maximum absolute atomic E-state index is 12.8. The molecule has 6 nitrogen and oxygen atoms in total. The summed E-state index contributed by atoms with van der Waals surface area (Å²) in [6, 6.07) is 14.2. The normalized spacial score (nSPS) is 14.9. The van der Waals surface area contributed by atoms with Crippen LogP contribution in [-0.4, -0.2) is 46.7 Å². The molecule has 0 bridgehead atoms. The third kappa shape index (κ3) is 6.62. The Labute approximate surface area is 209 Å². The summed E-state index contributed by atoms with van der Waals surface area (Å²) in [7, 11) is 1.57. The molecule has 0 aliphatic carbocycles. The molecule has 186 valence electrons. The van der Waals surface area contributed by atoms with E-state index in [1.165, 1.54) is 11.1 Å². The summed E-state index contributed by atoms with van der Waals surface area (Å²) in [4.78, 5) is 19.5. The molecule has 0 spiro atoms. The number of hydrogen-bond donors (Lipinski definition) is 0. The first-order chi connectivity index (χ1) is 16.6. The zero-order valence-electron chi connectivity index (χ0n) is 21.6. The molecule has 1 aliphatic rings. The van der Waals surface area contributed by atoms with E-state index in [0.717, 1.165) is 48.6 Å². The van der Waals surface area contributed by atoms with E-state index in [0.29, 0.717) is 18.7 Å². The van der Waals surface area contributed by atoms with E-state index in [-0.39, 0.29) is 12.0 Å². The van der Waals surface area contributed by atoms with Crippen molar-refractivity contribution in [3.63, 3.8) is 0 Å². The van der Waals surface area contributed by atoms with Crippen molar-refractivity contribution in [1.82, 2.24) is 14.5 Å². The predicted molar refractivity (Wildman–Crippen MR) is 142 cm³/mol. The summed E-state index contributed by atoms with van der Waals surface area (Å²) in [5.41, 5.74) is 5.29. The zero-order chi connectivity index (χ0) is 25.1. The highest BCUT2D eigenvalue weighted by Gasteiger charge is 2.28. The van der Waals surface area contributed by atoms with E-state index in [2.05, 4.69) is 36.6 Å². The van der Waals surface area contributed by atoms with E-state index in [1.54, 1.807) is 7.11 Å². The van der Waals surface area contributed by atoms with E-state index in [9.17, 15) is 4.79 Å². The standard InChI is InChI=1S/C23H27N3O3S.2C2H6/c1-4-26-20-7-5-6-16(2)22(20)24-21(26)14-17-8-10-18(11-9-17)23(27)25-13-12-19(15-25)29-30-28-3;2*1-2/h5-11,19H,4,12-15H2,1-3H3;2*1-2H3. The van der Waals surface area contributed by atoms with Gasteiger partial charge in [-0.3, -0.25) is 13.2 Å². The second-order valence-corrected chi connectivity index (χ2v) is 8.24. The Balaban J connectivity index is 0.000000970. The van der Waals surface area contributed by atoms with Gasteiger partial charge >= 0.3 is 0 Å². The van der Waals surface area contributed by atoms with Crippen LogP contribution in [0.15, 0.2) is 42.5 Å². The highest BCUT2D eigenvalue weighted by Crippen LogP contribution is 2.23. The molecular formula is C27H39N3O3S. The molecule has 7 heteroatoms. The van der Waals surface area contributed by atoms with Gasteiger partial charge in [-0.2, -0.15) is 0 Å². The number of imidazole rings is 1. The molecule has 1 atom stereocenters. The van der Waals surface area contributed by atoms with Gasteiger partial charge in [-0.15, -0.1) is 0 Å². The molecule has 1 aromatic heterocycles. The van der Waals surface area contributed by atoms with Crippen molar-refractivity contribution in [3.8, 4) is 0 Å². The lowest BCUT2D eigenvalue weighted by Gasteiger charge is -2.16. The average Bonchev–Trinajstić information content (AvgIpc) is 3.50. The van der Waals surface area contributed by atoms with Gasteiger partial charge in [0.1, 0.15) is 5.82 Å². The number of carbonyl (C=O) groups is 1. The number of carbonyl (C=O) groups excluding carboxylic acids is 1. The van der Waals surface area contributed by atoms with Gasteiger partial charge in [0.15, 0.2) is 12.3 Å². The highest BCUT2D eigenvalue weighted by molar-refractivity contribution is 7.89. The van der Waals surface area contributed by atoms with Gasteiger partial charge in [-0.1, -0.05) is 52.0 Å². The quantitative estimate of drug-likeness (QED) is 0.360. The average molecular weight is 486 g/mol. The van der Waals surface area contributed by atoms with Crippen LogP contribution in [-0.2, 0) is 21.3 Å². The topological polar surface area (TPSA) is 56.6 Å². The third-order valence-corrected chi connectivity index (χ3v) is 6.10. The van der Waals surface area contributed by atoms with Crippen LogP contribution in [0.25, 0.3) is 11.0 Å². The van der Waals surface area contributed by atoms with Crippen LogP contribution in [0.5, 0.6) is 0 Å². The van der Waals surface area contributed by atoms with Crippen molar-refractivity contribution in [2.45, 2.75) is 67.0 Å². The maximum atomic E-state index is 12.8. The molecule has 2 aromatic carbocycles. The molecule has 1 amide bonds. The minimum absolute atomic E-state index is 0.0173. The molecule has 2 heterocycles. The first-order valence-electron chi connectivity index (χ1n) is 12.3. The lowest BCUT2D eigenvalue weighted by molar-refractivity contribution is 0.0775. The lowest BCUT2D eigenvalue weighted by Crippen LogP contribution is -2.29. The minimum atomic E-state index is 0.0173. The van der Waals surface area contributed by atoms with Crippen LogP contribution in [0.1, 0.15) is 68.3 Å². The summed E-state index contributed by atoms with van der Waals surface area (Å²) in [6.07, 6.45) is 1.58. The Morgan fingerprint density at radius 3 is 2.47 bits per heavy atom. The van der Waals surface area contributed by atoms with Crippen molar-refractivity contribution in [1.29, 1.82) is 0 Å². The van der Waals surface area contributed by atoms with Gasteiger partial charge in [0, 0.05) is 31.6 Å². The Morgan fingerprint density at radius 1 is 1.12 bits per heavy atom. The number of nitrogens with zero attached hydrogens (tertiary/aromatic N) is 3. The summed E-state index contributed by atoms with van der Waals surface area (Å²) < 4.78 is 12.6. The summed E-state index contributed by atoms with van der Waals surface area (Å²) in [6.45, 7) is 14.4. The summed E-state index contributed by atoms with van der Waals surface area (Å²) >= 11 is 0.977. The van der Waals surface area contributed by atoms with Crippen LogP contribution in [0.2, 0.25) is 0 Å². The van der Waals surface area contributed by atoms with Crippen LogP contribution in [0.4, 0.5) is 0 Å². The van der Waals surface area contributed by atoms with Gasteiger partial charge in [-0.05, 0) is 49.6 Å². The molecule has 1 saturated heterocycles. The number of para-hydroxylation sites is 1. The fourth-order valence-electron chi connectivity index (χ4n) is 4.04. The van der Waals surface area contributed by atoms with Crippen LogP contribution < -0.4 is 0 Å². The number of aryl methyl sites for hydroxylation is 2. The van der Waals surface area contributed by atoms with Gasteiger partial charge in [-0.25, -0.2) is 4.98 Å². The molecule has 1 fully saturated rings. The molecular weight excluding hydrogens is 446 g/mol. The van der Waals surface area contributed by atoms with Crippen LogP contribution in [0, 0.1) is 6.92 Å². The number of hydrogen-bond acceptors (Lipinski definition) is 5. The molecule has 34 heavy (non-hydrogen) atoms. The van der Waals surface area contributed by atoms with E-state index < -0.39 is 0 Å². The van der Waals surface area contributed by atoms with Crippen molar-refractivity contribution in [3.05, 3.63) is 65.0 Å². The van der Waals surface area contributed by atoms with Crippen LogP contribution >= 0.6 is 12.3 Å². The Morgan fingerprint density at radius 2 is 1.82 bits per heavy atom. The van der Waals surface area contributed by atoms with Crippen molar-refractivity contribution in [2.24, 2.45) is 0 Å². The fraction of sp³-hybridized carbons (Fsp3) is 0.481. The van der Waals surface area contributed by atoms with Crippen molar-refractivity contribution in [2.75, 3.05) is 20.2 Å². The third-order valence-electron chi connectivity index (χ3n) is 5.61. The molecule has 0 saturated carbocycles. The van der Waals surface area contributed by atoms with E-state index in [4.69, 9.17) is 13.4 Å². The summed E-state index contributed by atoms with van der Waals surface area (Å²) in [5, 5.41) is 0. The molecule has 0 N–H and O–H groups in total. The first-order valence-corrected chi connectivity index (χ1v) is 13.0. The van der Waals surface area contributed by atoms with Crippen LogP contribution in [0.3, 0.4) is 0 Å². The maximum Gasteiger partial charge on any atom is 0.253 e. The van der Waals surface area contributed by atoms with Crippen molar-refractivity contribution < 1.29 is 13.2 Å². The van der Waals surface area contributed by atoms with E-state index >= 15 is 0 Å². The molecule has 1 aliphatic heterocycles. The zero-order valence-corrected chi connectivity index (χ0v) is 22.4. The monoisotopic (exact) mass is 485 g/mol. The second kappa shape index (κ2) is 14.1. The number of aromatic nitrogens is 2. The Kier molecular flexibility index (Phi) is 11.6. The van der Waals surface area contributed by atoms with Crippen molar-refractivity contribution >= 4 is 29.3 Å². The summed E-state index contributed by atoms with van der Waals surface area (Å²) in [5.74, 6) is 1.10. The number of amides is 1. The second-order valence-electron chi connectivity index (χ2n) is 7.58. The molecule has 1 unspecified atom stereocenters. The largest absolute Gasteiger partial charge is 0.336 e. The number of likely N-dealkylation sites (tertiary alicyclic amines) is 1. The molecule has 0 radical (unpaired) electrons. The predicted octanol–water partition coefficient (Wildman–Crippen LogP) is 6.45. The number of benzene rings is 2. The van der Waals surface area contributed by atoms with Gasteiger partial charge in [0.2, 0.25) is 0 Å². The fourth-order valence-corrected chi connectivity index (χ4v) is 4.39.